The maximum Gasteiger partial charge on any atom is 0.251 e. The number of amides is 1. The molecule has 8 heteroatoms. The van der Waals surface area contributed by atoms with Crippen molar-refractivity contribution >= 4 is 28.3 Å². The average molecular weight is 418 g/mol. The van der Waals surface area contributed by atoms with Gasteiger partial charge in [0.1, 0.15) is 0 Å². The highest BCUT2D eigenvalue weighted by atomic mass is 35.5. The lowest BCUT2D eigenvalue weighted by atomic mass is 10.0. The molecular formula is C19H32ClN3O3S. The third-order valence-corrected chi connectivity index (χ3v) is 6.89. The molecule has 0 spiro atoms. The Morgan fingerprint density at radius 2 is 1.74 bits per heavy atom. The van der Waals surface area contributed by atoms with E-state index in [0.29, 0.717) is 31.1 Å². The fourth-order valence-corrected chi connectivity index (χ4v) is 5.16. The lowest BCUT2D eigenvalue weighted by Gasteiger charge is -2.21. The first-order chi connectivity index (χ1) is 12.4. The van der Waals surface area contributed by atoms with Crippen molar-refractivity contribution in [3.8, 4) is 0 Å². The summed E-state index contributed by atoms with van der Waals surface area (Å²) in [7, 11) is -3.52. The molecule has 2 unspecified atom stereocenters. The number of carbonyl (C=O) groups excluding carboxylic acids is 1. The van der Waals surface area contributed by atoms with Crippen LogP contribution in [0.3, 0.4) is 0 Å². The molecule has 0 aliphatic heterocycles. The van der Waals surface area contributed by atoms with Gasteiger partial charge < -0.3 is 11.1 Å². The highest BCUT2D eigenvalue weighted by molar-refractivity contribution is 7.89. The van der Waals surface area contributed by atoms with Crippen LogP contribution in [-0.4, -0.2) is 44.3 Å². The molecule has 0 aromatic heterocycles. The van der Waals surface area contributed by atoms with Crippen molar-refractivity contribution in [1.82, 2.24) is 9.62 Å². The van der Waals surface area contributed by atoms with Gasteiger partial charge in [-0.1, -0.05) is 20.3 Å². The van der Waals surface area contributed by atoms with Gasteiger partial charge in [-0.3, -0.25) is 4.79 Å². The highest BCUT2D eigenvalue weighted by Gasteiger charge is 2.28. The number of hydrogen-bond acceptors (Lipinski definition) is 4. The zero-order chi connectivity index (χ0) is 19.2. The minimum atomic E-state index is -3.52. The van der Waals surface area contributed by atoms with E-state index < -0.39 is 10.0 Å². The fourth-order valence-electron chi connectivity index (χ4n) is 3.54. The summed E-state index contributed by atoms with van der Waals surface area (Å²) in [5, 5.41) is 3.04. The van der Waals surface area contributed by atoms with Gasteiger partial charge in [0, 0.05) is 24.7 Å². The van der Waals surface area contributed by atoms with E-state index in [9.17, 15) is 13.2 Å². The van der Waals surface area contributed by atoms with E-state index in [4.69, 9.17) is 5.73 Å². The first kappa shape index (κ1) is 23.9. The van der Waals surface area contributed by atoms with Gasteiger partial charge in [0.2, 0.25) is 10.0 Å². The minimum absolute atomic E-state index is 0. The summed E-state index contributed by atoms with van der Waals surface area (Å²) < 4.78 is 27.0. The standard InChI is InChI=1S/C19H31N3O3S.ClH/c1-3-12-22(13-4-2)26(24,25)17-10-8-15(9-11-17)19(23)21-18-7-5-6-16(18)14-20;/h8-11,16,18H,3-7,12-14,20H2,1-2H3,(H,21,23);1H. The topological polar surface area (TPSA) is 92.5 Å². The molecule has 27 heavy (non-hydrogen) atoms. The van der Waals surface area contributed by atoms with E-state index in [1.54, 1.807) is 12.1 Å². The molecule has 0 radical (unpaired) electrons. The predicted octanol–water partition coefficient (Wildman–Crippen LogP) is 2.78. The van der Waals surface area contributed by atoms with Crippen LogP contribution in [0.4, 0.5) is 0 Å². The van der Waals surface area contributed by atoms with E-state index in [2.05, 4.69) is 5.32 Å². The van der Waals surface area contributed by atoms with Crippen molar-refractivity contribution in [2.45, 2.75) is 56.9 Å². The third-order valence-electron chi connectivity index (χ3n) is 4.98. The number of halogens is 1. The molecule has 0 bridgehead atoms. The van der Waals surface area contributed by atoms with Crippen molar-refractivity contribution < 1.29 is 13.2 Å². The number of hydrogen-bond donors (Lipinski definition) is 2. The summed E-state index contributed by atoms with van der Waals surface area (Å²) in [5.74, 6) is 0.161. The molecule has 1 saturated carbocycles. The number of nitrogens with zero attached hydrogens (tertiary/aromatic N) is 1. The molecule has 154 valence electrons. The number of benzene rings is 1. The Bertz CT molecular complexity index is 689. The van der Waals surface area contributed by atoms with Gasteiger partial charge in [-0.25, -0.2) is 8.42 Å². The van der Waals surface area contributed by atoms with Crippen LogP contribution < -0.4 is 11.1 Å². The largest absolute Gasteiger partial charge is 0.349 e. The van der Waals surface area contributed by atoms with E-state index in [1.165, 1.54) is 16.4 Å². The second-order valence-electron chi connectivity index (χ2n) is 6.94. The van der Waals surface area contributed by atoms with E-state index >= 15 is 0 Å². The Morgan fingerprint density at radius 1 is 1.15 bits per heavy atom. The van der Waals surface area contributed by atoms with Gasteiger partial charge in [-0.05, 0) is 62.4 Å². The Kier molecular flexibility index (Phi) is 9.73. The van der Waals surface area contributed by atoms with E-state index in [0.717, 1.165) is 32.1 Å². The molecule has 1 aliphatic rings. The lowest BCUT2D eigenvalue weighted by molar-refractivity contribution is 0.0928. The Hall–Kier alpha value is -1.15. The van der Waals surface area contributed by atoms with Gasteiger partial charge in [0.15, 0.2) is 0 Å². The SMILES string of the molecule is CCCN(CCC)S(=O)(=O)c1ccc(C(=O)NC2CCCC2CN)cc1.Cl. The molecule has 6 nitrogen and oxygen atoms in total. The Labute approximate surface area is 169 Å². The summed E-state index contributed by atoms with van der Waals surface area (Å²) in [4.78, 5) is 12.7. The molecule has 1 aromatic carbocycles. The van der Waals surface area contributed by atoms with Gasteiger partial charge in [-0.2, -0.15) is 4.31 Å². The minimum Gasteiger partial charge on any atom is -0.349 e. The van der Waals surface area contributed by atoms with Gasteiger partial charge in [0.25, 0.3) is 5.91 Å². The Morgan fingerprint density at radius 3 is 2.26 bits per heavy atom. The smallest absolute Gasteiger partial charge is 0.251 e. The number of nitrogens with one attached hydrogen (secondary N) is 1. The first-order valence-corrected chi connectivity index (χ1v) is 11.0. The van der Waals surface area contributed by atoms with Gasteiger partial charge >= 0.3 is 0 Å². The molecule has 1 aliphatic carbocycles. The molecule has 1 aromatic rings. The third kappa shape index (κ3) is 5.91. The second kappa shape index (κ2) is 11.0. The van der Waals surface area contributed by atoms with Crippen molar-refractivity contribution in [3.05, 3.63) is 29.8 Å². The number of rotatable bonds is 9. The van der Waals surface area contributed by atoms with Gasteiger partial charge in [-0.15, -0.1) is 12.4 Å². The Balaban J connectivity index is 0.00000364. The highest BCUT2D eigenvalue weighted by Crippen LogP contribution is 2.25. The van der Waals surface area contributed by atoms with E-state index in [-0.39, 0.29) is 29.3 Å². The van der Waals surface area contributed by atoms with Crippen molar-refractivity contribution in [3.63, 3.8) is 0 Å². The van der Waals surface area contributed by atoms with Crippen LogP contribution in [-0.2, 0) is 10.0 Å². The van der Waals surface area contributed by atoms with Gasteiger partial charge in [0.05, 0.1) is 4.90 Å². The van der Waals surface area contributed by atoms with Crippen LogP contribution in [0.15, 0.2) is 29.2 Å². The van der Waals surface area contributed by atoms with Crippen LogP contribution in [0.1, 0.15) is 56.3 Å². The summed E-state index contributed by atoms with van der Waals surface area (Å²) >= 11 is 0. The molecule has 0 saturated heterocycles. The molecule has 0 heterocycles. The van der Waals surface area contributed by atoms with Crippen LogP contribution >= 0.6 is 12.4 Å². The normalized spacial score (nSPS) is 19.7. The van der Waals surface area contributed by atoms with Crippen LogP contribution in [0, 0.1) is 5.92 Å². The zero-order valence-corrected chi connectivity index (χ0v) is 17.8. The number of sulfonamides is 1. The summed E-state index contributed by atoms with van der Waals surface area (Å²) in [5.41, 5.74) is 6.24. The number of carbonyl (C=O) groups is 1. The summed E-state index contributed by atoms with van der Waals surface area (Å²) in [6.45, 7) is 5.50. The molecule has 2 atom stereocenters. The molecule has 1 amide bonds. The number of nitrogens with two attached hydrogens (primary N) is 1. The summed E-state index contributed by atoms with van der Waals surface area (Å²) in [6, 6.07) is 6.34. The monoisotopic (exact) mass is 417 g/mol. The quantitative estimate of drug-likeness (QED) is 0.646. The van der Waals surface area contributed by atoms with Crippen LogP contribution in [0.5, 0.6) is 0 Å². The first-order valence-electron chi connectivity index (χ1n) is 9.55. The van der Waals surface area contributed by atoms with Crippen molar-refractivity contribution in [2.75, 3.05) is 19.6 Å². The van der Waals surface area contributed by atoms with Crippen molar-refractivity contribution in [2.24, 2.45) is 11.7 Å². The predicted molar refractivity (Wildman–Crippen MR) is 111 cm³/mol. The molecule has 3 N–H and O–H groups in total. The zero-order valence-electron chi connectivity index (χ0n) is 16.2. The maximum atomic E-state index is 12.8. The average Bonchev–Trinajstić information content (AvgIpc) is 3.08. The summed E-state index contributed by atoms with van der Waals surface area (Å²) in [6.07, 6.45) is 4.61. The molecule has 1 fully saturated rings. The van der Waals surface area contributed by atoms with Crippen LogP contribution in [0.2, 0.25) is 0 Å². The van der Waals surface area contributed by atoms with Crippen LogP contribution in [0.25, 0.3) is 0 Å². The molecular weight excluding hydrogens is 386 g/mol. The van der Waals surface area contributed by atoms with Crippen molar-refractivity contribution in [1.29, 1.82) is 0 Å². The molecule has 2 rings (SSSR count). The second-order valence-corrected chi connectivity index (χ2v) is 8.87. The lowest BCUT2D eigenvalue weighted by Crippen LogP contribution is -2.39. The fraction of sp³-hybridized carbons (Fsp3) is 0.632. The maximum absolute atomic E-state index is 12.8. The van der Waals surface area contributed by atoms with E-state index in [1.807, 2.05) is 13.8 Å².